The second-order valence-electron chi connectivity index (χ2n) is 6.78. The Labute approximate surface area is 142 Å². The van der Waals surface area contributed by atoms with Gasteiger partial charge in [0.2, 0.25) is 5.91 Å². The van der Waals surface area contributed by atoms with Crippen molar-refractivity contribution in [3.05, 3.63) is 47.7 Å². The maximum absolute atomic E-state index is 12.0. The Morgan fingerprint density at radius 1 is 1.29 bits per heavy atom. The minimum absolute atomic E-state index is 0.00851. The summed E-state index contributed by atoms with van der Waals surface area (Å²) in [6, 6.07) is 10.2. The van der Waals surface area contributed by atoms with Gasteiger partial charge in [-0.1, -0.05) is 24.6 Å². The molecule has 1 aliphatic heterocycles. The average molecular weight is 322 g/mol. The molecule has 1 N–H and O–H groups in total. The summed E-state index contributed by atoms with van der Waals surface area (Å²) >= 11 is 0. The number of rotatable bonds is 4. The molecule has 0 radical (unpaired) electrons. The molecule has 0 bridgehead atoms. The first kappa shape index (κ1) is 15.2. The van der Waals surface area contributed by atoms with Crippen molar-refractivity contribution in [1.82, 2.24) is 10.3 Å². The third-order valence-corrected chi connectivity index (χ3v) is 5.07. The second kappa shape index (κ2) is 6.27. The molecule has 4 rings (SSSR count). The Bertz CT molecular complexity index is 768. The summed E-state index contributed by atoms with van der Waals surface area (Å²) in [7, 11) is 0. The molecule has 0 unspecified atom stereocenters. The van der Waals surface area contributed by atoms with Gasteiger partial charge in [0.05, 0.1) is 12.2 Å². The van der Waals surface area contributed by atoms with Crippen molar-refractivity contribution in [3.63, 3.8) is 0 Å². The first-order chi connectivity index (χ1) is 11.7. The van der Waals surface area contributed by atoms with Gasteiger partial charge in [-0.25, -0.2) is 0 Å². The molecule has 1 aromatic heterocycles. The van der Waals surface area contributed by atoms with Crippen molar-refractivity contribution < 1.29 is 9.53 Å². The third kappa shape index (κ3) is 2.77. The van der Waals surface area contributed by atoms with Crippen LogP contribution in [0.2, 0.25) is 0 Å². The molecule has 24 heavy (non-hydrogen) atoms. The smallest absolute Gasteiger partial charge is 0.223 e. The fraction of sp³-hybridized carbons (Fsp3) is 0.400. The summed E-state index contributed by atoms with van der Waals surface area (Å²) in [5, 5.41) is 3.05. The molecule has 2 heterocycles. The van der Waals surface area contributed by atoms with Gasteiger partial charge in [-0.05, 0) is 43.0 Å². The maximum Gasteiger partial charge on any atom is 0.223 e. The predicted octanol–water partition coefficient (Wildman–Crippen LogP) is 3.28. The van der Waals surface area contributed by atoms with Gasteiger partial charge >= 0.3 is 0 Å². The number of para-hydroxylation sites is 1. The fourth-order valence-electron chi connectivity index (χ4n) is 3.44. The van der Waals surface area contributed by atoms with E-state index in [0.717, 1.165) is 41.8 Å². The highest BCUT2D eigenvalue weighted by atomic mass is 16.5. The van der Waals surface area contributed by atoms with E-state index >= 15 is 0 Å². The van der Waals surface area contributed by atoms with Crippen LogP contribution >= 0.6 is 0 Å². The van der Waals surface area contributed by atoms with Gasteiger partial charge in [0.25, 0.3) is 0 Å². The summed E-state index contributed by atoms with van der Waals surface area (Å²) in [4.78, 5) is 16.5. The number of aryl methyl sites for hydroxylation is 1. The van der Waals surface area contributed by atoms with Crippen LogP contribution < -0.4 is 10.1 Å². The number of hydrogen-bond donors (Lipinski definition) is 1. The van der Waals surface area contributed by atoms with E-state index in [4.69, 9.17) is 4.74 Å². The van der Waals surface area contributed by atoms with Crippen LogP contribution in [0.25, 0.3) is 11.3 Å². The van der Waals surface area contributed by atoms with Crippen molar-refractivity contribution in [2.45, 2.75) is 38.7 Å². The summed E-state index contributed by atoms with van der Waals surface area (Å²) < 4.78 is 6.17. The van der Waals surface area contributed by atoms with Crippen molar-refractivity contribution in [2.75, 3.05) is 6.54 Å². The molecule has 0 spiro atoms. The number of nitrogens with one attached hydrogen (secondary N) is 1. The van der Waals surface area contributed by atoms with Crippen LogP contribution in [0.3, 0.4) is 0 Å². The maximum atomic E-state index is 12.0. The lowest BCUT2D eigenvalue weighted by Gasteiger charge is -2.24. The number of nitrogens with zero attached hydrogens (tertiary/aromatic N) is 1. The Kier molecular flexibility index (Phi) is 3.97. The van der Waals surface area contributed by atoms with E-state index in [1.54, 1.807) is 0 Å². The lowest BCUT2D eigenvalue weighted by molar-refractivity contribution is -0.127. The van der Waals surface area contributed by atoms with Gasteiger partial charge in [-0.15, -0.1) is 0 Å². The van der Waals surface area contributed by atoms with E-state index < -0.39 is 0 Å². The molecule has 2 aromatic rings. The van der Waals surface area contributed by atoms with Gasteiger partial charge in [-0.3, -0.25) is 9.78 Å². The molecule has 124 valence electrons. The first-order valence-electron chi connectivity index (χ1n) is 8.70. The quantitative estimate of drug-likeness (QED) is 0.940. The topological polar surface area (TPSA) is 51.2 Å². The number of amides is 1. The Hall–Kier alpha value is -2.36. The van der Waals surface area contributed by atoms with Crippen LogP contribution in [0.15, 0.2) is 36.5 Å². The van der Waals surface area contributed by atoms with Crippen LogP contribution in [0, 0.1) is 12.8 Å². The molecule has 0 saturated heterocycles. The van der Waals surface area contributed by atoms with Gasteiger partial charge in [0.15, 0.2) is 0 Å². The SMILES string of the molecule is Cc1cccnc1-c1cccc2c1O[C@@H](CNC(=O)C1CCC1)C2. The van der Waals surface area contributed by atoms with Crippen LogP contribution in [0.4, 0.5) is 0 Å². The lowest BCUT2D eigenvalue weighted by Crippen LogP contribution is -2.40. The van der Waals surface area contributed by atoms with Crippen LogP contribution in [-0.4, -0.2) is 23.5 Å². The van der Waals surface area contributed by atoms with Gasteiger partial charge in [0, 0.05) is 24.1 Å². The highest BCUT2D eigenvalue weighted by Gasteiger charge is 2.29. The minimum atomic E-state index is 0.00851. The number of pyridine rings is 1. The van der Waals surface area contributed by atoms with Gasteiger partial charge in [0.1, 0.15) is 11.9 Å². The minimum Gasteiger partial charge on any atom is -0.487 e. The predicted molar refractivity (Wildman–Crippen MR) is 92.9 cm³/mol. The molecule has 2 aliphatic rings. The highest BCUT2D eigenvalue weighted by Crippen LogP contribution is 2.38. The highest BCUT2D eigenvalue weighted by molar-refractivity contribution is 5.79. The third-order valence-electron chi connectivity index (χ3n) is 5.07. The normalized spacial score (nSPS) is 19.3. The van der Waals surface area contributed by atoms with Crippen LogP contribution in [0.1, 0.15) is 30.4 Å². The molecule has 1 fully saturated rings. The average Bonchev–Trinajstić information content (AvgIpc) is 2.95. The number of ether oxygens (including phenoxy) is 1. The molecule has 1 atom stereocenters. The summed E-state index contributed by atoms with van der Waals surface area (Å²) in [5.41, 5.74) is 4.34. The molecule has 1 aliphatic carbocycles. The zero-order valence-corrected chi connectivity index (χ0v) is 13.9. The second-order valence-corrected chi connectivity index (χ2v) is 6.78. The van der Waals surface area contributed by atoms with Gasteiger partial charge < -0.3 is 10.1 Å². The number of aromatic nitrogens is 1. The zero-order chi connectivity index (χ0) is 16.5. The molecular formula is C20H22N2O2. The Balaban J connectivity index is 1.49. The number of hydrogen-bond acceptors (Lipinski definition) is 3. The number of benzene rings is 1. The largest absolute Gasteiger partial charge is 0.487 e. The molecule has 1 aromatic carbocycles. The standard InChI is InChI=1S/C20H22N2O2/c1-13-5-4-10-21-18(13)17-9-3-8-15-11-16(24-19(15)17)12-22-20(23)14-6-2-7-14/h3-5,8-10,14,16H,2,6-7,11-12H2,1H3,(H,22,23)/t16-/m1/s1. The van der Waals surface area contributed by atoms with E-state index in [0.29, 0.717) is 6.54 Å². The first-order valence-corrected chi connectivity index (χ1v) is 8.70. The molecular weight excluding hydrogens is 300 g/mol. The van der Waals surface area contributed by atoms with Crippen molar-refractivity contribution >= 4 is 5.91 Å². The fourth-order valence-corrected chi connectivity index (χ4v) is 3.44. The number of fused-ring (bicyclic) bond motifs is 1. The van der Waals surface area contributed by atoms with Crippen molar-refractivity contribution in [3.8, 4) is 17.0 Å². The summed E-state index contributed by atoms with van der Waals surface area (Å²) in [6.45, 7) is 2.64. The van der Waals surface area contributed by atoms with Crippen LogP contribution in [-0.2, 0) is 11.2 Å². The van der Waals surface area contributed by atoms with Crippen molar-refractivity contribution in [2.24, 2.45) is 5.92 Å². The van der Waals surface area contributed by atoms with E-state index in [1.165, 1.54) is 12.0 Å². The van der Waals surface area contributed by atoms with Crippen LogP contribution in [0.5, 0.6) is 5.75 Å². The molecule has 1 amide bonds. The molecule has 1 saturated carbocycles. The Morgan fingerprint density at radius 3 is 2.92 bits per heavy atom. The molecule has 4 heteroatoms. The lowest BCUT2D eigenvalue weighted by atomic mass is 9.85. The van der Waals surface area contributed by atoms with Gasteiger partial charge in [-0.2, -0.15) is 0 Å². The number of carbonyl (C=O) groups excluding carboxylic acids is 1. The Morgan fingerprint density at radius 2 is 2.17 bits per heavy atom. The summed E-state index contributed by atoms with van der Waals surface area (Å²) in [6.07, 6.45) is 5.89. The summed E-state index contributed by atoms with van der Waals surface area (Å²) in [5.74, 6) is 1.32. The monoisotopic (exact) mass is 322 g/mol. The molecule has 4 nitrogen and oxygen atoms in total. The zero-order valence-electron chi connectivity index (χ0n) is 13.9. The van der Waals surface area contributed by atoms with Crippen molar-refractivity contribution in [1.29, 1.82) is 0 Å². The van der Waals surface area contributed by atoms with E-state index in [-0.39, 0.29) is 17.9 Å². The van der Waals surface area contributed by atoms with E-state index in [2.05, 4.69) is 41.5 Å². The van der Waals surface area contributed by atoms with E-state index in [9.17, 15) is 4.79 Å². The van der Waals surface area contributed by atoms with E-state index in [1.807, 2.05) is 12.3 Å². The number of carbonyl (C=O) groups is 1.